The average molecular weight is 298 g/mol. The van der Waals surface area contributed by atoms with Crippen LogP contribution in [-0.2, 0) is 0 Å². The van der Waals surface area contributed by atoms with E-state index in [1.807, 2.05) is 0 Å². The lowest BCUT2D eigenvalue weighted by Crippen LogP contribution is -2.47. The van der Waals surface area contributed by atoms with Crippen LogP contribution < -0.4 is 5.73 Å². The highest BCUT2D eigenvalue weighted by Gasteiger charge is 2.27. The first kappa shape index (κ1) is 21.4. The van der Waals surface area contributed by atoms with Gasteiger partial charge in [0.25, 0.3) is 5.97 Å². The molecule has 0 spiro atoms. The lowest BCUT2D eigenvalue weighted by atomic mass is 10.0. The second-order valence-electron chi connectivity index (χ2n) is 5.26. The number of unbranched alkanes of at least 4 members (excludes halogenated alkanes) is 9. The largest absolute Gasteiger partial charge is 0.342 e. The van der Waals surface area contributed by atoms with Gasteiger partial charge in [-0.3, -0.25) is 0 Å². The van der Waals surface area contributed by atoms with Crippen LogP contribution in [-0.4, -0.2) is 27.3 Å². The molecule has 0 bridgehead atoms. The van der Waals surface area contributed by atoms with Crippen molar-refractivity contribution in [3.63, 3.8) is 0 Å². The Bertz CT molecular complexity index is 186. The summed E-state index contributed by atoms with van der Waals surface area (Å²) in [6.07, 6.45) is 12.7. The van der Waals surface area contributed by atoms with E-state index in [-0.39, 0.29) is 12.4 Å². The van der Waals surface area contributed by atoms with Gasteiger partial charge in [0.05, 0.1) is 6.04 Å². The van der Waals surface area contributed by atoms with Crippen LogP contribution in [0.4, 0.5) is 0 Å². The molecule has 0 aliphatic rings. The van der Waals surface area contributed by atoms with Crippen LogP contribution in [0.2, 0.25) is 0 Å². The molecule has 19 heavy (non-hydrogen) atoms. The van der Waals surface area contributed by atoms with Gasteiger partial charge >= 0.3 is 0 Å². The fraction of sp³-hybridized carbons (Fsp3) is 1.00. The molecule has 0 aromatic carbocycles. The molecule has 0 fully saturated rings. The van der Waals surface area contributed by atoms with Crippen molar-refractivity contribution in [3.8, 4) is 0 Å². The topological polar surface area (TPSA) is 86.7 Å². The molecule has 0 aliphatic heterocycles. The van der Waals surface area contributed by atoms with Crippen LogP contribution in [0.15, 0.2) is 0 Å². The molecule has 0 radical (unpaired) electrons. The molecule has 0 aromatic rings. The van der Waals surface area contributed by atoms with Crippen LogP contribution >= 0.6 is 12.4 Å². The summed E-state index contributed by atoms with van der Waals surface area (Å²) in [7, 11) is 0. The van der Waals surface area contributed by atoms with E-state index in [0.29, 0.717) is 6.42 Å². The molecule has 0 amide bonds. The molecule has 1 atom stereocenters. The van der Waals surface area contributed by atoms with Gasteiger partial charge in [-0.2, -0.15) is 0 Å². The smallest absolute Gasteiger partial charge is 0.291 e. The van der Waals surface area contributed by atoms with E-state index in [2.05, 4.69) is 6.92 Å². The first-order valence-electron chi connectivity index (χ1n) is 7.41. The van der Waals surface area contributed by atoms with E-state index < -0.39 is 12.0 Å². The summed E-state index contributed by atoms with van der Waals surface area (Å²) < 4.78 is 0. The summed E-state index contributed by atoms with van der Waals surface area (Å²) in [6, 6.07) is -0.966. The van der Waals surface area contributed by atoms with Crippen LogP contribution in [0.5, 0.6) is 0 Å². The first-order valence-corrected chi connectivity index (χ1v) is 7.41. The Morgan fingerprint density at radius 3 is 1.53 bits per heavy atom. The number of aliphatic hydroxyl groups is 3. The molecule has 118 valence electrons. The SMILES string of the molecule is CCCCCCCCCCCCC(N)C(O)(O)O.Cl. The van der Waals surface area contributed by atoms with Crippen molar-refractivity contribution in [3.05, 3.63) is 0 Å². The van der Waals surface area contributed by atoms with Gasteiger partial charge in [-0.25, -0.2) is 0 Å². The Balaban J connectivity index is 0. The van der Waals surface area contributed by atoms with Crippen molar-refractivity contribution < 1.29 is 15.3 Å². The van der Waals surface area contributed by atoms with E-state index >= 15 is 0 Å². The van der Waals surface area contributed by atoms with E-state index in [0.717, 1.165) is 19.3 Å². The van der Waals surface area contributed by atoms with Gasteiger partial charge < -0.3 is 21.1 Å². The normalized spacial score (nSPS) is 13.1. The van der Waals surface area contributed by atoms with Crippen molar-refractivity contribution in [2.75, 3.05) is 0 Å². The molecule has 0 aliphatic carbocycles. The number of rotatable bonds is 12. The summed E-state index contributed by atoms with van der Waals surface area (Å²) >= 11 is 0. The molecule has 0 aromatic heterocycles. The molecule has 5 N–H and O–H groups in total. The molecule has 0 heterocycles. The van der Waals surface area contributed by atoms with Crippen LogP contribution in [0.1, 0.15) is 77.6 Å². The molecular weight excluding hydrogens is 266 g/mol. The molecule has 5 heteroatoms. The van der Waals surface area contributed by atoms with E-state index in [9.17, 15) is 0 Å². The van der Waals surface area contributed by atoms with Gasteiger partial charge in [-0.05, 0) is 6.42 Å². The Morgan fingerprint density at radius 1 is 0.789 bits per heavy atom. The van der Waals surface area contributed by atoms with Gasteiger partial charge in [-0.1, -0.05) is 71.1 Å². The monoisotopic (exact) mass is 297 g/mol. The summed E-state index contributed by atoms with van der Waals surface area (Å²) in [5.41, 5.74) is 5.41. The van der Waals surface area contributed by atoms with Crippen LogP contribution in [0, 0.1) is 0 Å². The zero-order valence-corrected chi connectivity index (χ0v) is 13.0. The number of halogens is 1. The van der Waals surface area contributed by atoms with Gasteiger partial charge in [0.1, 0.15) is 0 Å². The highest BCUT2D eigenvalue weighted by atomic mass is 35.5. The van der Waals surface area contributed by atoms with Crippen molar-refractivity contribution >= 4 is 12.4 Å². The Labute approximate surface area is 123 Å². The molecular formula is C14H32ClNO3. The van der Waals surface area contributed by atoms with Gasteiger partial charge in [-0.15, -0.1) is 12.4 Å². The van der Waals surface area contributed by atoms with Crippen LogP contribution in [0.3, 0.4) is 0 Å². The standard InChI is InChI=1S/C14H31NO3.ClH/c1-2-3-4-5-6-7-8-9-10-11-12-13(15)14(16,17)18;/h13,16-18H,2-12,15H2,1H3;1H. The summed E-state index contributed by atoms with van der Waals surface area (Å²) in [4.78, 5) is 0. The quantitative estimate of drug-likeness (QED) is 0.329. The first-order chi connectivity index (χ1) is 8.48. The number of hydrogen-bond acceptors (Lipinski definition) is 4. The lowest BCUT2D eigenvalue weighted by molar-refractivity contribution is -0.323. The zero-order valence-electron chi connectivity index (χ0n) is 12.2. The highest BCUT2D eigenvalue weighted by molar-refractivity contribution is 5.85. The molecule has 1 unspecified atom stereocenters. The lowest BCUT2D eigenvalue weighted by Gasteiger charge is -2.21. The molecule has 4 nitrogen and oxygen atoms in total. The second kappa shape index (κ2) is 13.1. The van der Waals surface area contributed by atoms with Crippen molar-refractivity contribution in [1.29, 1.82) is 0 Å². The average Bonchev–Trinajstić information content (AvgIpc) is 2.30. The van der Waals surface area contributed by atoms with Gasteiger partial charge in [0, 0.05) is 0 Å². The Hall–Kier alpha value is 0.130. The van der Waals surface area contributed by atoms with Crippen molar-refractivity contribution in [1.82, 2.24) is 0 Å². The van der Waals surface area contributed by atoms with E-state index in [1.54, 1.807) is 0 Å². The third kappa shape index (κ3) is 14.4. The maximum atomic E-state index is 8.82. The molecule has 0 rings (SSSR count). The second-order valence-corrected chi connectivity index (χ2v) is 5.26. The number of hydrogen-bond donors (Lipinski definition) is 4. The molecule has 0 saturated carbocycles. The fourth-order valence-corrected chi connectivity index (χ4v) is 2.05. The molecule has 0 saturated heterocycles. The van der Waals surface area contributed by atoms with Gasteiger partial charge in [0.15, 0.2) is 0 Å². The van der Waals surface area contributed by atoms with E-state index in [1.165, 1.54) is 44.9 Å². The Kier molecular flexibility index (Phi) is 14.8. The maximum Gasteiger partial charge on any atom is 0.291 e. The Morgan fingerprint density at radius 2 is 1.16 bits per heavy atom. The minimum absolute atomic E-state index is 0. The minimum Gasteiger partial charge on any atom is -0.342 e. The third-order valence-electron chi connectivity index (χ3n) is 3.37. The zero-order chi connectivity index (χ0) is 13.9. The van der Waals surface area contributed by atoms with Crippen LogP contribution in [0.25, 0.3) is 0 Å². The van der Waals surface area contributed by atoms with Gasteiger partial charge in [0.2, 0.25) is 0 Å². The van der Waals surface area contributed by atoms with Crippen molar-refractivity contribution in [2.24, 2.45) is 5.73 Å². The predicted octanol–water partition coefficient (Wildman–Crippen LogP) is 2.68. The number of nitrogens with two attached hydrogens (primary N) is 1. The summed E-state index contributed by atoms with van der Waals surface area (Å²) in [6.45, 7) is 2.23. The fourth-order valence-electron chi connectivity index (χ4n) is 2.05. The maximum absolute atomic E-state index is 8.82. The van der Waals surface area contributed by atoms with Crippen molar-refractivity contribution in [2.45, 2.75) is 89.6 Å². The predicted molar refractivity (Wildman–Crippen MR) is 81.1 cm³/mol. The summed E-state index contributed by atoms with van der Waals surface area (Å²) in [5.74, 6) is -2.72. The summed E-state index contributed by atoms with van der Waals surface area (Å²) in [5, 5.41) is 26.4. The minimum atomic E-state index is -2.72. The highest BCUT2D eigenvalue weighted by Crippen LogP contribution is 2.13. The van der Waals surface area contributed by atoms with E-state index in [4.69, 9.17) is 21.1 Å². The third-order valence-corrected chi connectivity index (χ3v) is 3.37.